The molecule has 0 radical (unpaired) electrons. The minimum absolute atomic E-state index is 0.198. The minimum atomic E-state index is -0.351. The van der Waals surface area contributed by atoms with Crippen LogP contribution in [-0.4, -0.2) is 23.7 Å². The second-order valence-corrected chi connectivity index (χ2v) is 3.44. The van der Waals surface area contributed by atoms with Crippen LogP contribution in [0.4, 0.5) is 0 Å². The van der Waals surface area contributed by atoms with Crippen molar-refractivity contribution in [3.8, 4) is 0 Å². The van der Waals surface area contributed by atoms with Crippen LogP contribution in [0.2, 0.25) is 0 Å². The summed E-state index contributed by atoms with van der Waals surface area (Å²) in [6.45, 7) is 2.33. The SMILES string of the molecule is C[C@H](O)C(CCN)CCCC(N)=O. The first-order valence-corrected chi connectivity index (χ1v) is 4.74. The smallest absolute Gasteiger partial charge is 0.217 e. The van der Waals surface area contributed by atoms with Gasteiger partial charge in [-0.2, -0.15) is 0 Å². The molecule has 0 spiro atoms. The summed E-state index contributed by atoms with van der Waals surface area (Å²) in [7, 11) is 0. The van der Waals surface area contributed by atoms with Crippen molar-refractivity contribution in [2.75, 3.05) is 6.54 Å². The molecule has 13 heavy (non-hydrogen) atoms. The fourth-order valence-electron chi connectivity index (χ4n) is 1.38. The number of aliphatic hydroxyl groups is 1. The van der Waals surface area contributed by atoms with Crippen molar-refractivity contribution in [1.82, 2.24) is 0 Å². The van der Waals surface area contributed by atoms with Gasteiger partial charge < -0.3 is 16.6 Å². The molecular weight excluding hydrogens is 168 g/mol. The van der Waals surface area contributed by atoms with Crippen LogP contribution < -0.4 is 11.5 Å². The normalized spacial score (nSPS) is 15.3. The van der Waals surface area contributed by atoms with Crippen molar-refractivity contribution < 1.29 is 9.90 Å². The van der Waals surface area contributed by atoms with Crippen LogP contribution in [0.1, 0.15) is 32.6 Å². The second kappa shape index (κ2) is 6.86. The average molecular weight is 188 g/mol. The maximum Gasteiger partial charge on any atom is 0.217 e. The first-order chi connectivity index (χ1) is 6.07. The maximum absolute atomic E-state index is 10.4. The fourth-order valence-corrected chi connectivity index (χ4v) is 1.38. The van der Waals surface area contributed by atoms with Crippen molar-refractivity contribution >= 4 is 5.91 Å². The van der Waals surface area contributed by atoms with E-state index in [-0.39, 0.29) is 17.9 Å². The molecule has 5 N–H and O–H groups in total. The Morgan fingerprint density at radius 1 is 1.46 bits per heavy atom. The molecule has 0 aromatic heterocycles. The number of carbonyl (C=O) groups excluding carboxylic acids is 1. The lowest BCUT2D eigenvalue weighted by molar-refractivity contribution is -0.118. The molecule has 4 nitrogen and oxygen atoms in total. The number of primary amides is 1. The number of rotatable bonds is 7. The Kier molecular flexibility index (Phi) is 6.54. The van der Waals surface area contributed by atoms with Crippen LogP contribution in [-0.2, 0) is 4.79 Å². The molecule has 1 amide bonds. The molecule has 78 valence electrons. The van der Waals surface area contributed by atoms with Crippen molar-refractivity contribution in [3.63, 3.8) is 0 Å². The predicted molar refractivity (Wildman–Crippen MR) is 51.9 cm³/mol. The Morgan fingerprint density at radius 2 is 2.08 bits per heavy atom. The van der Waals surface area contributed by atoms with Gasteiger partial charge in [0.25, 0.3) is 0 Å². The third-order valence-corrected chi connectivity index (χ3v) is 2.22. The molecule has 0 saturated heterocycles. The number of amides is 1. The molecule has 2 atom stereocenters. The van der Waals surface area contributed by atoms with E-state index in [0.29, 0.717) is 13.0 Å². The predicted octanol–water partition coefficient (Wildman–Crippen LogP) is -0.0122. The van der Waals surface area contributed by atoms with Crippen molar-refractivity contribution in [2.45, 2.75) is 38.7 Å². The quantitative estimate of drug-likeness (QED) is 0.525. The molecule has 0 aromatic rings. The number of carbonyl (C=O) groups is 1. The van der Waals surface area contributed by atoms with Crippen molar-refractivity contribution in [1.29, 1.82) is 0 Å². The zero-order valence-electron chi connectivity index (χ0n) is 8.20. The Morgan fingerprint density at radius 3 is 2.46 bits per heavy atom. The van der Waals surface area contributed by atoms with Crippen LogP contribution in [0.15, 0.2) is 0 Å². The Labute approximate surface area is 79.3 Å². The van der Waals surface area contributed by atoms with Gasteiger partial charge >= 0.3 is 0 Å². The largest absolute Gasteiger partial charge is 0.393 e. The zero-order chi connectivity index (χ0) is 10.3. The third-order valence-electron chi connectivity index (χ3n) is 2.22. The van der Waals surface area contributed by atoms with E-state index in [1.54, 1.807) is 6.92 Å². The van der Waals surface area contributed by atoms with E-state index in [2.05, 4.69) is 0 Å². The Bertz CT molecular complexity index is 149. The van der Waals surface area contributed by atoms with Crippen LogP contribution in [0, 0.1) is 5.92 Å². The summed E-state index contributed by atoms with van der Waals surface area (Å²) in [5.74, 6) is -0.0820. The highest BCUT2D eigenvalue weighted by Gasteiger charge is 2.13. The number of hydrogen-bond donors (Lipinski definition) is 3. The lowest BCUT2D eigenvalue weighted by Gasteiger charge is -2.18. The van der Waals surface area contributed by atoms with Gasteiger partial charge in [0.2, 0.25) is 5.91 Å². The number of hydrogen-bond acceptors (Lipinski definition) is 3. The highest BCUT2D eigenvalue weighted by molar-refractivity contribution is 5.73. The van der Waals surface area contributed by atoms with Crippen molar-refractivity contribution in [2.24, 2.45) is 17.4 Å². The molecule has 4 heteroatoms. The molecule has 0 aliphatic rings. The van der Waals surface area contributed by atoms with Crippen LogP contribution in [0.3, 0.4) is 0 Å². The summed E-state index contributed by atoms with van der Waals surface area (Å²) < 4.78 is 0. The lowest BCUT2D eigenvalue weighted by Crippen LogP contribution is -2.21. The number of nitrogens with two attached hydrogens (primary N) is 2. The van der Waals surface area contributed by atoms with Gasteiger partial charge in [-0.3, -0.25) is 4.79 Å². The first-order valence-electron chi connectivity index (χ1n) is 4.74. The van der Waals surface area contributed by atoms with Gasteiger partial charge in [0.1, 0.15) is 0 Å². The monoisotopic (exact) mass is 188 g/mol. The van der Waals surface area contributed by atoms with Crippen molar-refractivity contribution in [3.05, 3.63) is 0 Å². The molecule has 1 unspecified atom stereocenters. The molecule has 0 heterocycles. The third kappa shape index (κ3) is 6.54. The molecule has 0 rings (SSSR count). The summed E-state index contributed by atoms with van der Waals surface area (Å²) in [5, 5.41) is 9.34. The van der Waals surface area contributed by atoms with Gasteiger partial charge in [-0.25, -0.2) is 0 Å². The van der Waals surface area contributed by atoms with E-state index in [4.69, 9.17) is 11.5 Å². The molecule has 0 fully saturated rings. The zero-order valence-corrected chi connectivity index (χ0v) is 8.20. The molecule has 0 saturated carbocycles. The lowest BCUT2D eigenvalue weighted by atomic mass is 9.93. The molecule has 0 aliphatic heterocycles. The average Bonchev–Trinajstić information content (AvgIpc) is 2.02. The van der Waals surface area contributed by atoms with Crippen LogP contribution in [0.25, 0.3) is 0 Å². The topological polar surface area (TPSA) is 89.3 Å². The van der Waals surface area contributed by atoms with E-state index in [1.807, 2.05) is 0 Å². The standard InChI is InChI=1S/C9H20N2O2/c1-7(12)8(5-6-10)3-2-4-9(11)13/h7-8,12H,2-6,10H2,1H3,(H2,11,13)/t7-,8?/m0/s1. The molecular formula is C9H20N2O2. The minimum Gasteiger partial charge on any atom is -0.393 e. The van der Waals surface area contributed by atoms with E-state index in [9.17, 15) is 9.90 Å². The van der Waals surface area contributed by atoms with Crippen LogP contribution >= 0.6 is 0 Å². The van der Waals surface area contributed by atoms with Crippen LogP contribution in [0.5, 0.6) is 0 Å². The first kappa shape index (κ1) is 12.4. The van der Waals surface area contributed by atoms with Gasteiger partial charge in [-0.15, -0.1) is 0 Å². The van der Waals surface area contributed by atoms with Gasteiger partial charge in [-0.05, 0) is 38.6 Å². The molecule has 0 bridgehead atoms. The Hall–Kier alpha value is -0.610. The second-order valence-electron chi connectivity index (χ2n) is 3.44. The highest BCUT2D eigenvalue weighted by Crippen LogP contribution is 2.16. The number of aliphatic hydroxyl groups excluding tert-OH is 1. The summed E-state index contributed by atoms with van der Waals surface area (Å²) in [4.78, 5) is 10.4. The van der Waals surface area contributed by atoms with Gasteiger partial charge in [0, 0.05) is 6.42 Å². The summed E-state index contributed by atoms with van der Waals surface area (Å²) in [6.07, 6.45) is 2.41. The summed E-state index contributed by atoms with van der Waals surface area (Å²) in [6, 6.07) is 0. The molecule has 0 aliphatic carbocycles. The Balaban J connectivity index is 3.62. The summed E-state index contributed by atoms with van der Waals surface area (Å²) in [5.41, 5.74) is 10.4. The van der Waals surface area contributed by atoms with Gasteiger partial charge in [-0.1, -0.05) is 0 Å². The fraction of sp³-hybridized carbons (Fsp3) is 0.889. The summed E-state index contributed by atoms with van der Waals surface area (Å²) >= 11 is 0. The highest BCUT2D eigenvalue weighted by atomic mass is 16.3. The van der Waals surface area contributed by atoms with Gasteiger partial charge in [0.15, 0.2) is 0 Å². The van der Waals surface area contributed by atoms with E-state index < -0.39 is 0 Å². The maximum atomic E-state index is 10.4. The van der Waals surface area contributed by atoms with E-state index in [1.165, 1.54) is 0 Å². The molecule has 0 aromatic carbocycles. The van der Waals surface area contributed by atoms with Gasteiger partial charge in [0.05, 0.1) is 6.10 Å². The van der Waals surface area contributed by atoms with E-state index in [0.717, 1.165) is 19.3 Å². The van der Waals surface area contributed by atoms with E-state index >= 15 is 0 Å².